The molecular formula is C52H94O6. The number of unbranched alkanes of at least 4 members (excludes halogenated alkanes) is 28. The molecule has 0 aromatic rings. The van der Waals surface area contributed by atoms with Crippen LogP contribution in [0.25, 0.3) is 0 Å². The molecule has 0 aromatic heterocycles. The van der Waals surface area contributed by atoms with E-state index in [1.807, 2.05) is 0 Å². The van der Waals surface area contributed by atoms with Gasteiger partial charge in [0.05, 0.1) is 0 Å². The maximum absolute atomic E-state index is 12.6. The lowest BCUT2D eigenvalue weighted by Gasteiger charge is -2.18. The van der Waals surface area contributed by atoms with Gasteiger partial charge in [0.2, 0.25) is 0 Å². The van der Waals surface area contributed by atoms with Gasteiger partial charge in [-0.2, -0.15) is 0 Å². The molecule has 1 unspecified atom stereocenters. The van der Waals surface area contributed by atoms with E-state index in [1.54, 1.807) is 0 Å². The van der Waals surface area contributed by atoms with E-state index in [1.165, 1.54) is 148 Å². The summed E-state index contributed by atoms with van der Waals surface area (Å²) in [5, 5.41) is 0. The molecule has 1 atom stereocenters. The smallest absolute Gasteiger partial charge is 0.306 e. The summed E-state index contributed by atoms with van der Waals surface area (Å²) in [5.74, 6) is -0.885. The van der Waals surface area contributed by atoms with E-state index in [4.69, 9.17) is 14.2 Å². The Balaban J connectivity index is 3.95. The molecule has 0 spiro atoms. The normalized spacial score (nSPS) is 12.3. The van der Waals surface area contributed by atoms with Gasteiger partial charge in [-0.05, 0) is 57.8 Å². The molecule has 6 nitrogen and oxygen atoms in total. The first-order chi connectivity index (χ1) is 28.5. The van der Waals surface area contributed by atoms with Crippen LogP contribution in [0.4, 0.5) is 0 Å². The van der Waals surface area contributed by atoms with Gasteiger partial charge in [0.15, 0.2) is 6.10 Å². The topological polar surface area (TPSA) is 78.9 Å². The second kappa shape index (κ2) is 47.3. The van der Waals surface area contributed by atoms with Crippen LogP contribution in [0.15, 0.2) is 36.5 Å². The average Bonchev–Trinajstić information content (AvgIpc) is 3.22. The molecule has 0 bridgehead atoms. The van der Waals surface area contributed by atoms with Gasteiger partial charge in [-0.1, -0.05) is 218 Å². The lowest BCUT2D eigenvalue weighted by atomic mass is 10.0. The molecule has 0 aromatic carbocycles. The number of carbonyl (C=O) groups excluding carboxylic acids is 3. The van der Waals surface area contributed by atoms with Crippen molar-refractivity contribution >= 4 is 17.9 Å². The van der Waals surface area contributed by atoms with E-state index in [0.717, 1.165) is 70.6 Å². The maximum Gasteiger partial charge on any atom is 0.306 e. The third-order valence-corrected chi connectivity index (χ3v) is 10.9. The van der Waals surface area contributed by atoms with Crippen LogP contribution in [-0.2, 0) is 28.6 Å². The van der Waals surface area contributed by atoms with E-state index in [0.29, 0.717) is 19.3 Å². The standard InChI is InChI=1S/C52H94O6/c1-4-7-10-13-16-17-18-19-20-21-22-23-24-25-26-27-28-29-30-31-32-33-34-35-37-39-42-45-51(54)57-48-49(47-56-50(53)44-41-38-15-12-9-6-3)58-52(55)46-43-40-36-14-11-8-5-2/h18-19,21-22,24-25,49H,4-17,20,23,26-48H2,1-3H3/b19-18-,22-21-,25-24-. The minimum Gasteiger partial charge on any atom is -0.462 e. The molecule has 0 aliphatic heterocycles. The molecule has 0 N–H and O–H groups in total. The lowest BCUT2D eigenvalue weighted by Crippen LogP contribution is -2.30. The van der Waals surface area contributed by atoms with Gasteiger partial charge >= 0.3 is 17.9 Å². The van der Waals surface area contributed by atoms with Crippen LogP contribution in [0.5, 0.6) is 0 Å². The number of rotatable bonds is 45. The zero-order chi connectivity index (χ0) is 42.3. The molecule has 0 aliphatic rings. The van der Waals surface area contributed by atoms with Gasteiger partial charge in [-0.3, -0.25) is 14.4 Å². The first kappa shape index (κ1) is 55.6. The van der Waals surface area contributed by atoms with Gasteiger partial charge in [0.25, 0.3) is 0 Å². The van der Waals surface area contributed by atoms with Crippen molar-refractivity contribution in [1.82, 2.24) is 0 Å². The Hall–Kier alpha value is -2.37. The summed E-state index contributed by atoms with van der Waals surface area (Å²) in [7, 11) is 0. The first-order valence-electron chi connectivity index (χ1n) is 25.0. The predicted molar refractivity (Wildman–Crippen MR) is 247 cm³/mol. The monoisotopic (exact) mass is 815 g/mol. The van der Waals surface area contributed by atoms with Crippen LogP contribution in [0.1, 0.15) is 258 Å². The summed E-state index contributed by atoms with van der Waals surface area (Å²) in [6, 6.07) is 0. The number of allylic oxidation sites excluding steroid dienone is 6. The van der Waals surface area contributed by atoms with Crippen LogP contribution in [-0.4, -0.2) is 37.2 Å². The predicted octanol–water partition coefficient (Wildman–Crippen LogP) is 16.1. The summed E-state index contributed by atoms with van der Waals surface area (Å²) >= 11 is 0. The zero-order valence-electron chi connectivity index (χ0n) is 38.6. The summed E-state index contributed by atoms with van der Waals surface area (Å²) in [5.41, 5.74) is 0. The highest BCUT2D eigenvalue weighted by Crippen LogP contribution is 2.15. The van der Waals surface area contributed by atoms with E-state index in [9.17, 15) is 14.4 Å². The third kappa shape index (κ3) is 44.7. The number of esters is 3. The van der Waals surface area contributed by atoms with Crippen molar-refractivity contribution in [3.8, 4) is 0 Å². The van der Waals surface area contributed by atoms with E-state index in [2.05, 4.69) is 57.2 Å². The van der Waals surface area contributed by atoms with Crippen molar-refractivity contribution in [2.24, 2.45) is 0 Å². The second-order valence-corrected chi connectivity index (χ2v) is 16.7. The highest BCUT2D eigenvalue weighted by molar-refractivity contribution is 5.71. The SMILES string of the molecule is CCCCCCC/C=C\C/C=C\C/C=C\CCCCCCCCCCCCCCC(=O)OCC(COC(=O)CCCCCCCC)OC(=O)CCCCCCCCC. The number of hydrogen-bond donors (Lipinski definition) is 0. The first-order valence-corrected chi connectivity index (χ1v) is 25.0. The highest BCUT2D eigenvalue weighted by Gasteiger charge is 2.19. The second-order valence-electron chi connectivity index (χ2n) is 16.7. The Labute approximate surface area is 359 Å². The quantitative estimate of drug-likeness (QED) is 0.0264. The molecule has 338 valence electrons. The Bertz CT molecular complexity index is 984. The van der Waals surface area contributed by atoms with Crippen LogP contribution >= 0.6 is 0 Å². The van der Waals surface area contributed by atoms with Gasteiger partial charge in [0.1, 0.15) is 13.2 Å². The van der Waals surface area contributed by atoms with Crippen LogP contribution in [0, 0.1) is 0 Å². The Morgan fingerprint density at radius 2 is 0.621 bits per heavy atom. The van der Waals surface area contributed by atoms with Gasteiger partial charge in [-0.15, -0.1) is 0 Å². The molecule has 0 heterocycles. The van der Waals surface area contributed by atoms with E-state index in [-0.39, 0.29) is 31.1 Å². The van der Waals surface area contributed by atoms with Crippen molar-refractivity contribution in [3.63, 3.8) is 0 Å². The molecule has 0 aliphatic carbocycles. The van der Waals surface area contributed by atoms with Crippen molar-refractivity contribution < 1.29 is 28.6 Å². The van der Waals surface area contributed by atoms with Crippen LogP contribution in [0.3, 0.4) is 0 Å². The number of hydrogen-bond acceptors (Lipinski definition) is 6. The van der Waals surface area contributed by atoms with Gasteiger partial charge < -0.3 is 14.2 Å². The number of ether oxygens (including phenoxy) is 3. The van der Waals surface area contributed by atoms with Gasteiger partial charge in [0, 0.05) is 19.3 Å². The van der Waals surface area contributed by atoms with Crippen molar-refractivity contribution in [2.45, 2.75) is 264 Å². The summed E-state index contributed by atoms with van der Waals surface area (Å²) in [6.07, 6.45) is 54.7. The zero-order valence-corrected chi connectivity index (χ0v) is 38.6. The van der Waals surface area contributed by atoms with E-state index < -0.39 is 6.10 Å². The maximum atomic E-state index is 12.6. The van der Waals surface area contributed by atoms with Gasteiger partial charge in [-0.25, -0.2) is 0 Å². The fourth-order valence-electron chi connectivity index (χ4n) is 7.10. The number of carbonyl (C=O) groups is 3. The van der Waals surface area contributed by atoms with Crippen molar-refractivity contribution in [2.75, 3.05) is 13.2 Å². The van der Waals surface area contributed by atoms with Crippen molar-refractivity contribution in [3.05, 3.63) is 36.5 Å². The molecular weight excluding hydrogens is 721 g/mol. The Kier molecular flexibility index (Phi) is 45.4. The molecule has 0 saturated heterocycles. The molecule has 58 heavy (non-hydrogen) atoms. The molecule has 0 rings (SSSR count). The minimum atomic E-state index is -0.762. The summed E-state index contributed by atoms with van der Waals surface area (Å²) in [4.78, 5) is 37.4. The minimum absolute atomic E-state index is 0.0708. The molecule has 0 radical (unpaired) electrons. The molecule has 6 heteroatoms. The average molecular weight is 815 g/mol. The Morgan fingerprint density at radius 1 is 0.345 bits per heavy atom. The van der Waals surface area contributed by atoms with E-state index >= 15 is 0 Å². The summed E-state index contributed by atoms with van der Waals surface area (Å²) in [6.45, 7) is 6.52. The lowest BCUT2D eigenvalue weighted by molar-refractivity contribution is -0.167. The fourth-order valence-corrected chi connectivity index (χ4v) is 7.10. The third-order valence-electron chi connectivity index (χ3n) is 10.9. The largest absolute Gasteiger partial charge is 0.462 e. The fraction of sp³-hybridized carbons (Fsp3) is 0.827. The van der Waals surface area contributed by atoms with Crippen LogP contribution in [0.2, 0.25) is 0 Å². The Morgan fingerprint density at radius 3 is 0.966 bits per heavy atom. The molecule has 0 saturated carbocycles. The highest BCUT2D eigenvalue weighted by atomic mass is 16.6. The molecule has 0 fully saturated rings. The summed E-state index contributed by atoms with van der Waals surface area (Å²) < 4.78 is 16.6. The van der Waals surface area contributed by atoms with Crippen molar-refractivity contribution in [1.29, 1.82) is 0 Å². The van der Waals surface area contributed by atoms with Crippen LogP contribution < -0.4 is 0 Å². The molecule has 0 amide bonds.